The van der Waals surface area contributed by atoms with Gasteiger partial charge in [0.25, 0.3) is 0 Å². The molecule has 4 fully saturated rings. The van der Waals surface area contributed by atoms with Crippen LogP contribution in [0, 0.1) is 22.7 Å². The van der Waals surface area contributed by atoms with E-state index in [1.54, 1.807) is 21.0 Å². The summed E-state index contributed by atoms with van der Waals surface area (Å²) in [6.45, 7) is 7.43. The molecule has 1 saturated heterocycles. The first-order chi connectivity index (χ1) is 16.8. The molecule has 8 heteroatoms. The predicted octanol–water partition coefficient (Wildman–Crippen LogP) is 2.04. The van der Waals surface area contributed by atoms with Crippen molar-refractivity contribution in [3.05, 3.63) is 11.6 Å². The fourth-order valence-corrected chi connectivity index (χ4v) is 8.97. The Labute approximate surface area is 214 Å². The molecule has 1 heterocycles. The Morgan fingerprint density at radius 3 is 2.47 bits per heavy atom. The van der Waals surface area contributed by atoms with E-state index in [4.69, 9.17) is 14.2 Å². The summed E-state index contributed by atoms with van der Waals surface area (Å²) in [5.74, 6) is -0.00165. The van der Waals surface area contributed by atoms with Crippen LogP contribution in [0.1, 0.15) is 79.1 Å². The number of hydrogen-bond acceptors (Lipinski definition) is 8. The van der Waals surface area contributed by atoms with Gasteiger partial charge in [-0.25, -0.2) is 0 Å². The maximum absolute atomic E-state index is 12.2. The van der Waals surface area contributed by atoms with Gasteiger partial charge in [0.05, 0.1) is 41.5 Å². The summed E-state index contributed by atoms with van der Waals surface area (Å²) < 4.78 is 17.7. The van der Waals surface area contributed by atoms with Gasteiger partial charge in [0, 0.05) is 13.5 Å². The van der Waals surface area contributed by atoms with Crippen molar-refractivity contribution >= 4 is 0 Å². The molecule has 1 aliphatic heterocycles. The van der Waals surface area contributed by atoms with E-state index < -0.39 is 41.2 Å². The molecular weight excluding hydrogens is 464 g/mol. The van der Waals surface area contributed by atoms with Crippen LogP contribution < -0.4 is 0 Å². The largest absolute Gasteiger partial charge is 0.392 e. The molecule has 13 unspecified atom stereocenters. The molecule has 5 rings (SSSR count). The number of allylic oxidation sites excluding steroid dienone is 1. The quantitative estimate of drug-likeness (QED) is 0.364. The monoisotopic (exact) mass is 510 g/mol. The first kappa shape index (κ1) is 27.0. The number of aliphatic hydroxyl groups excluding tert-OH is 3. The molecular formula is C28H46O8. The molecule has 0 radical (unpaired) electrons. The summed E-state index contributed by atoms with van der Waals surface area (Å²) >= 11 is 0. The van der Waals surface area contributed by atoms with E-state index in [1.165, 1.54) is 5.57 Å². The molecule has 0 aromatic carbocycles. The van der Waals surface area contributed by atoms with Crippen molar-refractivity contribution in [3.8, 4) is 0 Å². The summed E-state index contributed by atoms with van der Waals surface area (Å²) in [6.07, 6.45) is 3.37. The molecule has 206 valence electrons. The minimum Gasteiger partial charge on any atom is -0.392 e. The van der Waals surface area contributed by atoms with Crippen LogP contribution in [-0.4, -0.2) is 86.8 Å². The average Bonchev–Trinajstić information content (AvgIpc) is 3.06. The zero-order valence-electron chi connectivity index (χ0n) is 22.4. The van der Waals surface area contributed by atoms with Crippen LogP contribution in [-0.2, 0) is 14.2 Å². The zero-order chi connectivity index (χ0) is 26.3. The number of methoxy groups -OCH3 is 1. The lowest BCUT2D eigenvalue weighted by atomic mass is 9.44. The van der Waals surface area contributed by atoms with E-state index in [9.17, 15) is 25.5 Å². The Kier molecular flexibility index (Phi) is 6.74. The predicted molar refractivity (Wildman–Crippen MR) is 132 cm³/mol. The summed E-state index contributed by atoms with van der Waals surface area (Å²) in [5.41, 5.74) is -2.81. The molecule has 13 atom stereocenters. The lowest BCUT2D eigenvalue weighted by Crippen LogP contribution is -2.71. The third kappa shape index (κ3) is 3.55. The first-order valence-corrected chi connectivity index (χ1v) is 13.8. The number of aliphatic hydroxyl groups is 5. The van der Waals surface area contributed by atoms with Crippen molar-refractivity contribution in [1.29, 1.82) is 0 Å². The van der Waals surface area contributed by atoms with Crippen molar-refractivity contribution in [2.24, 2.45) is 22.7 Å². The maximum Gasteiger partial charge on any atom is 0.161 e. The van der Waals surface area contributed by atoms with Crippen LogP contribution in [0.3, 0.4) is 0 Å². The third-order valence-corrected chi connectivity index (χ3v) is 11.5. The highest BCUT2D eigenvalue weighted by Gasteiger charge is 2.75. The number of hydrogen-bond donors (Lipinski definition) is 5. The minimum absolute atomic E-state index is 0.000462. The van der Waals surface area contributed by atoms with Crippen LogP contribution in [0.25, 0.3) is 0 Å². The van der Waals surface area contributed by atoms with Crippen molar-refractivity contribution in [1.82, 2.24) is 0 Å². The third-order valence-electron chi connectivity index (χ3n) is 11.5. The van der Waals surface area contributed by atoms with E-state index in [1.807, 2.05) is 6.92 Å². The standard InChI is InChI=1S/C28H46O8/c1-15-24(31)21(34-5)14-23(35-15)36-18-8-9-25(3)17(12-18)6-7-19-20(25)13-22(30)26(4)27(32,16(2)29)10-11-28(19,26)33/h6,15-16,18-24,29-33H,7-14H2,1-5H3. The second-order valence-electron chi connectivity index (χ2n) is 12.8. The van der Waals surface area contributed by atoms with Gasteiger partial charge in [-0.2, -0.15) is 0 Å². The van der Waals surface area contributed by atoms with E-state index in [0.717, 1.165) is 19.3 Å². The molecule has 0 bridgehead atoms. The Balaban J connectivity index is 1.35. The summed E-state index contributed by atoms with van der Waals surface area (Å²) in [6, 6.07) is 0. The molecule has 5 N–H and O–H groups in total. The molecule has 36 heavy (non-hydrogen) atoms. The van der Waals surface area contributed by atoms with Gasteiger partial charge in [0.2, 0.25) is 0 Å². The highest BCUT2D eigenvalue weighted by molar-refractivity contribution is 5.31. The van der Waals surface area contributed by atoms with Gasteiger partial charge in [-0.05, 0) is 76.0 Å². The average molecular weight is 511 g/mol. The first-order valence-electron chi connectivity index (χ1n) is 13.8. The maximum atomic E-state index is 12.2. The summed E-state index contributed by atoms with van der Waals surface area (Å²) in [7, 11) is 1.60. The fourth-order valence-electron chi connectivity index (χ4n) is 8.97. The van der Waals surface area contributed by atoms with Gasteiger partial charge >= 0.3 is 0 Å². The Morgan fingerprint density at radius 2 is 1.81 bits per heavy atom. The highest BCUT2D eigenvalue weighted by atomic mass is 16.7. The normalized spacial score (nSPS) is 55.8. The summed E-state index contributed by atoms with van der Waals surface area (Å²) in [5, 5.41) is 55.8. The molecule has 0 spiro atoms. The molecule has 0 amide bonds. The number of rotatable bonds is 4. The van der Waals surface area contributed by atoms with Crippen LogP contribution >= 0.6 is 0 Å². The van der Waals surface area contributed by atoms with Crippen molar-refractivity contribution in [3.63, 3.8) is 0 Å². The van der Waals surface area contributed by atoms with Crippen LogP contribution in [0.2, 0.25) is 0 Å². The van der Waals surface area contributed by atoms with Gasteiger partial charge in [-0.3, -0.25) is 0 Å². The molecule has 0 aromatic heterocycles. The van der Waals surface area contributed by atoms with Gasteiger partial charge in [-0.15, -0.1) is 0 Å². The van der Waals surface area contributed by atoms with Crippen molar-refractivity contribution < 1.29 is 39.7 Å². The van der Waals surface area contributed by atoms with E-state index in [0.29, 0.717) is 25.7 Å². The zero-order valence-corrected chi connectivity index (χ0v) is 22.4. The van der Waals surface area contributed by atoms with Gasteiger partial charge in [0.15, 0.2) is 6.29 Å². The SMILES string of the molecule is COC1CC(OC2CCC3(C)C(=CCC4C3CC(O)C3(C)C(O)(C(C)O)CCC43O)C2)OC(C)C1O. The molecule has 3 saturated carbocycles. The van der Waals surface area contributed by atoms with Crippen molar-refractivity contribution in [2.45, 2.75) is 133 Å². The topological polar surface area (TPSA) is 129 Å². The fraction of sp³-hybridized carbons (Fsp3) is 0.929. The Bertz CT molecular complexity index is 878. The smallest absolute Gasteiger partial charge is 0.161 e. The van der Waals surface area contributed by atoms with Crippen LogP contribution in [0.4, 0.5) is 0 Å². The van der Waals surface area contributed by atoms with E-state index in [2.05, 4.69) is 13.0 Å². The second kappa shape index (κ2) is 8.98. The van der Waals surface area contributed by atoms with Crippen LogP contribution in [0.5, 0.6) is 0 Å². The van der Waals surface area contributed by atoms with E-state index in [-0.39, 0.29) is 42.0 Å². The minimum atomic E-state index is -1.52. The number of ether oxygens (including phenoxy) is 3. The van der Waals surface area contributed by atoms with Gasteiger partial charge < -0.3 is 39.7 Å². The highest BCUT2D eigenvalue weighted by Crippen LogP contribution is 2.69. The Hall–Kier alpha value is -0.580. The van der Waals surface area contributed by atoms with Crippen molar-refractivity contribution in [2.75, 3.05) is 7.11 Å². The molecule has 8 nitrogen and oxygen atoms in total. The lowest BCUT2D eigenvalue weighted by molar-refractivity contribution is -0.277. The lowest BCUT2D eigenvalue weighted by Gasteiger charge is -2.64. The summed E-state index contributed by atoms with van der Waals surface area (Å²) in [4.78, 5) is 0. The van der Waals surface area contributed by atoms with Crippen LogP contribution in [0.15, 0.2) is 11.6 Å². The number of fused-ring (bicyclic) bond motifs is 5. The molecule has 4 aliphatic carbocycles. The molecule has 0 aromatic rings. The van der Waals surface area contributed by atoms with Gasteiger partial charge in [0.1, 0.15) is 11.7 Å². The Morgan fingerprint density at radius 1 is 1.08 bits per heavy atom. The van der Waals surface area contributed by atoms with E-state index >= 15 is 0 Å². The second-order valence-corrected chi connectivity index (χ2v) is 12.8. The molecule has 5 aliphatic rings. The van der Waals surface area contributed by atoms with Gasteiger partial charge in [-0.1, -0.05) is 25.5 Å².